The Morgan fingerprint density at radius 1 is 1.27 bits per heavy atom. The van der Waals surface area contributed by atoms with Gasteiger partial charge < -0.3 is 15.5 Å². The summed E-state index contributed by atoms with van der Waals surface area (Å²) < 4.78 is 0. The van der Waals surface area contributed by atoms with Crippen LogP contribution in [0, 0.1) is 6.92 Å². The fraction of sp³-hybridized carbons (Fsp3) is 0.500. The molecular weight excluding hydrogens is 366 g/mol. The van der Waals surface area contributed by atoms with Crippen LogP contribution in [0.15, 0.2) is 11.1 Å². The van der Waals surface area contributed by atoms with Gasteiger partial charge in [-0.3, -0.25) is 4.99 Å². The van der Waals surface area contributed by atoms with Gasteiger partial charge in [0.1, 0.15) is 0 Å². The zero-order valence-corrected chi connectivity index (χ0v) is 16.0. The average molecular weight is 388 g/mol. The quantitative estimate of drug-likeness (QED) is 0.805. The molecule has 1 heterocycles. The van der Waals surface area contributed by atoms with Crippen molar-refractivity contribution >= 4 is 65.4 Å². The number of guanidine groups is 1. The highest BCUT2D eigenvalue weighted by Gasteiger charge is 2.17. The van der Waals surface area contributed by atoms with E-state index in [2.05, 4.69) is 34.4 Å². The molecule has 0 saturated heterocycles. The van der Waals surface area contributed by atoms with E-state index in [0.717, 1.165) is 49.1 Å². The molecule has 8 heteroatoms. The van der Waals surface area contributed by atoms with Gasteiger partial charge in [0.05, 0.1) is 22.3 Å². The van der Waals surface area contributed by atoms with Crippen LogP contribution >= 0.6 is 48.0 Å². The predicted octanol–water partition coefficient (Wildman–Crippen LogP) is 4.36. The number of aliphatic imine (C=N–C) groups is 1. The molecule has 1 aromatic rings. The normalized spacial score (nSPS) is 12.7. The maximum atomic E-state index is 6.48. The zero-order valence-electron chi connectivity index (χ0n) is 12.9. The summed E-state index contributed by atoms with van der Waals surface area (Å²) in [5, 5.41) is 7.59. The second kappa shape index (κ2) is 9.56. The van der Waals surface area contributed by atoms with Crippen molar-refractivity contribution in [1.82, 2.24) is 5.32 Å². The Morgan fingerprint density at radius 2 is 1.91 bits per heavy atom. The molecule has 0 aliphatic carbocycles. The number of benzene rings is 1. The lowest BCUT2D eigenvalue weighted by atomic mass is 10.1. The van der Waals surface area contributed by atoms with E-state index in [1.165, 1.54) is 0 Å². The molecule has 0 bridgehead atoms. The zero-order chi connectivity index (χ0) is 14.7. The number of hydrogen-bond donors (Lipinski definition) is 2. The third-order valence-corrected chi connectivity index (χ3v) is 4.23. The van der Waals surface area contributed by atoms with Crippen LogP contribution in [0.3, 0.4) is 0 Å². The van der Waals surface area contributed by atoms with Crippen LogP contribution in [-0.2, 0) is 0 Å². The van der Waals surface area contributed by atoms with Crippen molar-refractivity contribution in [1.29, 1.82) is 0 Å². The average Bonchev–Trinajstić information content (AvgIpc) is 2.94. The van der Waals surface area contributed by atoms with Gasteiger partial charge in [0.25, 0.3) is 0 Å². The van der Waals surface area contributed by atoms with Gasteiger partial charge in [0.15, 0.2) is 5.96 Å². The largest absolute Gasteiger partial charge is 0.372 e. The van der Waals surface area contributed by atoms with Crippen molar-refractivity contribution in [2.75, 3.05) is 36.4 Å². The monoisotopic (exact) mass is 386 g/mol. The van der Waals surface area contributed by atoms with Gasteiger partial charge in [0.2, 0.25) is 0 Å². The molecule has 0 aromatic heterocycles. The van der Waals surface area contributed by atoms with Gasteiger partial charge in [-0.15, -0.1) is 24.8 Å². The van der Waals surface area contributed by atoms with E-state index in [4.69, 9.17) is 23.2 Å². The SMILES string of the molecule is CCN(CC)c1cc(Cl)c(NC2=NCCN2)c(Cl)c1C.Cl.Cl. The van der Waals surface area contributed by atoms with Crippen LogP contribution in [0.25, 0.3) is 0 Å². The van der Waals surface area contributed by atoms with Gasteiger partial charge in [-0.2, -0.15) is 0 Å². The first-order valence-electron chi connectivity index (χ1n) is 6.87. The lowest BCUT2D eigenvalue weighted by Crippen LogP contribution is -2.27. The molecule has 4 nitrogen and oxygen atoms in total. The van der Waals surface area contributed by atoms with Crippen molar-refractivity contribution in [3.8, 4) is 0 Å². The van der Waals surface area contributed by atoms with Crippen LogP contribution in [0.5, 0.6) is 0 Å². The molecule has 0 fully saturated rings. The number of halogens is 4. The number of nitrogens with zero attached hydrogens (tertiary/aromatic N) is 2. The van der Waals surface area contributed by atoms with Crippen molar-refractivity contribution in [3.05, 3.63) is 21.7 Å². The fourth-order valence-electron chi connectivity index (χ4n) is 2.31. The predicted molar refractivity (Wildman–Crippen MR) is 103 cm³/mol. The van der Waals surface area contributed by atoms with E-state index < -0.39 is 0 Å². The van der Waals surface area contributed by atoms with Crippen LogP contribution in [0.2, 0.25) is 10.0 Å². The summed E-state index contributed by atoms with van der Waals surface area (Å²) in [5.74, 6) is 0.726. The van der Waals surface area contributed by atoms with Crippen LogP contribution in [0.4, 0.5) is 11.4 Å². The highest BCUT2D eigenvalue weighted by atomic mass is 35.5. The van der Waals surface area contributed by atoms with Crippen molar-refractivity contribution in [2.45, 2.75) is 20.8 Å². The topological polar surface area (TPSA) is 39.7 Å². The Labute approximate surface area is 154 Å². The Hall–Kier alpha value is -0.550. The number of nitrogens with one attached hydrogen (secondary N) is 2. The molecule has 2 N–H and O–H groups in total. The molecule has 0 radical (unpaired) electrons. The van der Waals surface area contributed by atoms with Crippen LogP contribution < -0.4 is 15.5 Å². The summed E-state index contributed by atoms with van der Waals surface area (Å²) in [6.07, 6.45) is 0. The van der Waals surface area contributed by atoms with E-state index in [9.17, 15) is 0 Å². The lowest BCUT2D eigenvalue weighted by Gasteiger charge is -2.25. The first kappa shape index (κ1) is 21.4. The molecular formula is C14H22Cl4N4. The molecule has 2 rings (SSSR count). The third-order valence-electron chi connectivity index (χ3n) is 3.46. The summed E-state index contributed by atoms with van der Waals surface area (Å²) in [4.78, 5) is 6.54. The molecule has 0 saturated carbocycles. The number of rotatable bonds is 4. The van der Waals surface area contributed by atoms with Crippen molar-refractivity contribution in [3.63, 3.8) is 0 Å². The first-order valence-corrected chi connectivity index (χ1v) is 7.62. The molecule has 0 spiro atoms. The van der Waals surface area contributed by atoms with E-state index in [0.29, 0.717) is 10.0 Å². The summed E-state index contributed by atoms with van der Waals surface area (Å²) in [6.45, 7) is 9.71. The minimum Gasteiger partial charge on any atom is -0.372 e. The molecule has 0 amide bonds. The Kier molecular flexibility index (Phi) is 9.32. The lowest BCUT2D eigenvalue weighted by molar-refractivity contribution is 0.862. The number of anilines is 2. The van der Waals surface area contributed by atoms with E-state index in [1.54, 1.807) is 0 Å². The van der Waals surface area contributed by atoms with Gasteiger partial charge in [-0.25, -0.2) is 0 Å². The summed E-state index contributed by atoms with van der Waals surface area (Å²) >= 11 is 12.9. The minimum absolute atomic E-state index is 0. The highest BCUT2D eigenvalue weighted by Crippen LogP contribution is 2.39. The standard InChI is InChI=1S/C14H20Cl2N4.2ClH/c1-4-20(5-2)11-8-10(15)13(12(16)9(11)3)19-14-17-6-7-18-14;;/h8H,4-7H2,1-3H3,(H2,17,18,19);2*1H. The molecule has 0 unspecified atom stereocenters. The van der Waals surface area contributed by atoms with Crippen molar-refractivity contribution < 1.29 is 0 Å². The third kappa shape index (κ3) is 4.48. The molecule has 1 aromatic carbocycles. The second-order valence-corrected chi connectivity index (χ2v) is 5.43. The Bertz CT molecular complexity index is 530. The van der Waals surface area contributed by atoms with Crippen LogP contribution in [0.1, 0.15) is 19.4 Å². The molecule has 1 aliphatic heterocycles. The summed E-state index contributed by atoms with van der Waals surface area (Å²) in [5.41, 5.74) is 2.83. The molecule has 0 atom stereocenters. The van der Waals surface area contributed by atoms with Gasteiger partial charge in [-0.1, -0.05) is 23.2 Å². The summed E-state index contributed by atoms with van der Waals surface area (Å²) in [6, 6.07) is 1.97. The van der Waals surface area contributed by atoms with Gasteiger partial charge in [0, 0.05) is 25.3 Å². The van der Waals surface area contributed by atoms with E-state index in [-0.39, 0.29) is 24.8 Å². The smallest absolute Gasteiger partial charge is 0.196 e. The fourth-order valence-corrected chi connectivity index (χ4v) is 2.85. The van der Waals surface area contributed by atoms with E-state index in [1.807, 2.05) is 13.0 Å². The van der Waals surface area contributed by atoms with Gasteiger partial charge in [-0.05, 0) is 32.4 Å². The van der Waals surface area contributed by atoms with Crippen LogP contribution in [-0.4, -0.2) is 32.1 Å². The Balaban J connectivity index is 0.00000220. The second-order valence-electron chi connectivity index (χ2n) is 4.65. The number of hydrogen-bond acceptors (Lipinski definition) is 4. The van der Waals surface area contributed by atoms with Gasteiger partial charge >= 0.3 is 0 Å². The molecule has 22 heavy (non-hydrogen) atoms. The Morgan fingerprint density at radius 3 is 2.41 bits per heavy atom. The maximum Gasteiger partial charge on any atom is 0.196 e. The first-order chi connectivity index (χ1) is 9.58. The highest BCUT2D eigenvalue weighted by molar-refractivity contribution is 6.40. The minimum atomic E-state index is 0. The maximum absolute atomic E-state index is 6.48. The molecule has 1 aliphatic rings. The summed E-state index contributed by atoms with van der Waals surface area (Å²) in [7, 11) is 0. The van der Waals surface area contributed by atoms with Crippen molar-refractivity contribution in [2.24, 2.45) is 4.99 Å². The van der Waals surface area contributed by atoms with E-state index >= 15 is 0 Å². The molecule has 126 valence electrons.